The third kappa shape index (κ3) is 3.41. The highest BCUT2D eigenvalue weighted by atomic mass is 79.9. The Bertz CT molecular complexity index is 600. The Morgan fingerprint density at radius 1 is 1.43 bits per heavy atom. The molecule has 0 saturated carbocycles. The van der Waals surface area contributed by atoms with Crippen molar-refractivity contribution in [1.82, 2.24) is 10.2 Å². The molecular weight excluding hydrogens is 340 g/mol. The van der Waals surface area contributed by atoms with Crippen LogP contribution in [-0.4, -0.2) is 41.3 Å². The molecule has 1 aromatic carbocycles. The maximum absolute atomic E-state index is 12.2. The SMILES string of the molecule is CC1(C)C(=O)NC(=O)CN1C(=O)COc1cccc(Br)c1. The summed E-state index contributed by atoms with van der Waals surface area (Å²) in [4.78, 5) is 36.7. The molecule has 1 aliphatic heterocycles. The number of nitrogens with zero attached hydrogens (tertiary/aromatic N) is 1. The van der Waals surface area contributed by atoms with Crippen LogP contribution in [0, 0.1) is 0 Å². The average molecular weight is 355 g/mol. The molecule has 0 bridgehead atoms. The number of ether oxygens (including phenoxy) is 1. The fraction of sp³-hybridized carbons (Fsp3) is 0.357. The number of amides is 3. The zero-order valence-corrected chi connectivity index (χ0v) is 13.3. The van der Waals surface area contributed by atoms with Crippen molar-refractivity contribution >= 4 is 33.7 Å². The minimum atomic E-state index is -1.08. The molecule has 1 aromatic rings. The van der Waals surface area contributed by atoms with Crippen molar-refractivity contribution in [2.75, 3.05) is 13.2 Å². The van der Waals surface area contributed by atoms with Gasteiger partial charge in [0.05, 0.1) is 0 Å². The molecule has 0 aliphatic carbocycles. The van der Waals surface area contributed by atoms with Crippen molar-refractivity contribution in [2.45, 2.75) is 19.4 Å². The van der Waals surface area contributed by atoms with Crippen LogP contribution in [-0.2, 0) is 14.4 Å². The number of piperazine rings is 1. The topological polar surface area (TPSA) is 75.7 Å². The molecule has 6 nitrogen and oxygen atoms in total. The van der Waals surface area contributed by atoms with Gasteiger partial charge in [-0.1, -0.05) is 22.0 Å². The van der Waals surface area contributed by atoms with Crippen molar-refractivity contribution in [3.05, 3.63) is 28.7 Å². The molecule has 0 atom stereocenters. The van der Waals surface area contributed by atoms with E-state index >= 15 is 0 Å². The number of carbonyl (C=O) groups excluding carboxylic acids is 3. The summed E-state index contributed by atoms with van der Waals surface area (Å²) in [5.74, 6) is -0.865. The molecule has 21 heavy (non-hydrogen) atoms. The number of hydrogen-bond donors (Lipinski definition) is 1. The third-order valence-corrected chi connectivity index (χ3v) is 3.74. The van der Waals surface area contributed by atoms with Gasteiger partial charge in [0.2, 0.25) is 5.91 Å². The van der Waals surface area contributed by atoms with Crippen LogP contribution in [0.15, 0.2) is 28.7 Å². The standard InChI is InChI=1S/C14H15BrN2O4/c1-14(2)13(20)16-11(18)7-17(14)12(19)8-21-10-5-3-4-9(15)6-10/h3-6H,7-8H2,1-2H3,(H,16,18,20). The van der Waals surface area contributed by atoms with Gasteiger partial charge in [0.15, 0.2) is 6.61 Å². The number of nitrogens with one attached hydrogen (secondary N) is 1. The predicted molar refractivity (Wildman–Crippen MR) is 78.6 cm³/mol. The maximum atomic E-state index is 12.2. The van der Waals surface area contributed by atoms with E-state index in [1.54, 1.807) is 32.0 Å². The van der Waals surface area contributed by atoms with E-state index in [2.05, 4.69) is 21.2 Å². The van der Waals surface area contributed by atoms with Gasteiger partial charge in [-0.2, -0.15) is 0 Å². The predicted octanol–water partition coefficient (Wildman–Crippen LogP) is 1.09. The molecular formula is C14H15BrN2O4. The van der Waals surface area contributed by atoms with Crippen LogP contribution in [0.4, 0.5) is 0 Å². The smallest absolute Gasteiger partial charge is 0.261 e. The lowest BCUT2D eigenvalue weighted by molar-refractivity contribution is -0.156. The van der Waals surface area contributed by atoms with E-state index in [0.29, 0.717) is 5.75 Å². The zero-order valence-electron chi connectivity index (χ0n) is 11.7. The molecule has 0 radical (unpaired) electrons. The third-order valence-electron chi connectivity index (χ3n) is 3.24. The first-order chi connectivity index (χ1) is 9.80. The number of halogens is 1. The number of rotatable bonds is 3. The lowest BCUT2D eigenvalue weighted by Crippen LogP contribution is -2.66. The van der Waals surface area contributed by atoms with Crippen LogP contribution >= 0.6 is 15.9 Å². The molecule has 1 heterocycles. The summed E-state index contributed by atoms with van der Waals surface area (Å²) in [6.45, 7) is 2.79. The first-order valence-electron chi connectivity index (χ1n) is 6.34. The Morgan fingerprint density at radius 3 is 2.81 bits per heavy atom. The Balaban J connectivity index is 2.05. The average Bonchev–Trinajstić information content (AvgIpc) is 2.40. The van der Waals surface area contributed by atoms with Gasteiger partial charge in [-0.15, -0.1) is 0 Å². The number of hydrogen-bond acceptors (Lipinski definition) is 4. The molecule has 1 fully saturated rings. The van der Waals surface area contributed by atoms with Crippen molar-refractivity contribution in [1.29, 1.82) is 0 Å². The summed E-state index contributed by atoms with van der Waals surface area (Å²) in [5, 5.41) is 2.22. The second-order valence-electron chi connectivity index (χ2n) is 5.16. The highest BCUT2D eigenvalue weighted by Gasteiger charge is 2.43. The van der Waals surface area contributed by atoms with Gasteiger partial charge >= 0.3 is 0 Å². The molecule has 1 saturated heterocycles. The largest absolute Gasteiger partial charge is 0.484 e. The summed E-state index contributed by atoms with van der Waals surface area (Å²) in [6, 6.07) is 7.07. The van der Waals surface area contributed by atoms with Crippen molar-refractivity contribution in [2.24, 2.45) is 0 Å². The van der Waals surface area contributed by atoms with Gasteiger partial charge < -0.3 is 9.64 Å². The number of imide groups is 1. The summed E-state index contributed by atoms with van der Waals surface area (Å²) >= 11 is 3.31. The van der Waals surface area contributed by atoms with Crippen LogP contribution in [0.3, 0.4) is 0 Å². The van der Waals surface area contributed by atoms with Crippen LogP contribution in [0.25, 0.3) is 0 Å². The summed E-state index contributed by atoms with van der Waals surface area (Å²) in [6.07, 6.45) is 0. The molecule has 0 spiro atoms. The van der Waals surface area contributed by atoms with Gasteiger partial charge in [-0.25, -0.2) is 0 Å². The van der Waals surface area contributed by atoms with Gasteiger partial charge in [-0.05, 0) is 32.0 Å². The Morgan fingerprint density at radius 2 is 2.14 bits per heavy atom. The van der Waals surface area contributed by atoms with Gasteiger partial charge in [0.25, 0.3) is 11.8 Å². The van der Waals surface area contributed by atoms with Crippen molar-refractivity contribution in [3.8, 4) is 5.75 Å². The monoisotopic (exact) mass is 354 g/mol. The molecule has 1 N–H and O–H groups in total. The molecule has 3 amide bonds. The molecule has 112 valence electrons. The van der Waals surface area contributed by atoms with Gasteiger partial charge in [-0.3, -0.25) is 19.7 Å². The summed E-state index contributed by atoms with van der Waals surface area (Å²) in [5.41, 5.74) is -1.08. The van der Waals surface area contributed by atoms with Crippen molar-refractivity contribution in [3.63, 3.8) is 0 Å². The number of benzene rings is 1. The highest BCUT2D eigenvalue weighted by Crippen LogP contribution is 2.20. The second kappa shape index (κ2) is 5.85. The summed E-state index contributed by atoms with van der Waals surface area (Å²) in [7, 11) is 0. The molecule has 0 aromatic heterocycles. The zero-order chi connectivity index (χ0) is 15.6. The fourth-order valence-corrected chi connectivity index (χ4v) is 2.34. The van der Waals surface area contributed by atoms with E-state index in [-0.39, 0.29) is 13.2 Å². The van der Waals surface area contributed by atoms with E-state index < -0.39 is 23.3 Å². The lowest BCUT2D eigenvalue weighted by Gasteiger charge is -2.39. The first-order valence-corrected chi connectivity index (χ1v) is 7.13. The van der Waals surface area contributed by atoms with Crippen LogP contribution < -0.4 is 10.1 Å². The van der Waals surface area contributed by atoms with Gasteiger partial charge in [0, 0.05) is 4.47 Å². The lowest BCUT2D eigenvalue weighted by atomic mass is 9.98. The quantitative estimate of drug-likeness (QED) is 0.824. The Kier molecular flexibility index (Phi) is 4.32. The highest BCUT2D eigenvalue weighted by molar-refractivity contribution is 9.10. The molecule has 1 aliphatic rings. The Labute approximate surface area is 130 Å². The van der Waals surface area contributed by atoms with E-state index in [4.69, 9.17) is 4.74 Å². The van der Waals surface area contributed by atoms with Gasteiger partial charge in [0.1, 0.15) is 17.8 Å². The molecule has 0 unspecified atom stereocenters. The number of carbonyl (C=O) groups is 3. The van der Waals surface area contributed by atoms with E-state index in [0.717, 1.165) is 4.47 Å². The molecule has 2 rings (SSSR count). The van der Waals surface area contributed by atoms with Crippen LogP contribution in [0.2, 0.25) is 0 Å². The second-order valence-corrected chi connectivity index (χ2v) is 6.08. The van der Waals surface area contributed by atoms with E-state index in [9.17, 15) is 14.4 Å². The fourth-order valence-electron chi connectivity index (χ4n) is 1.96. The van der Waals surface area contributed by atoms with Crippen molar-refractivity contribution < 1.29 is 19.1 Å². The van der Waals surface area contributed by atoms with Crippen LogP contribution in [0.5, 0.6) is 5.75 Å². The normalized spacial score (nSPS) is 17.4. The van der Waals surface area contributed by atoms with E-state index in [1.165, 1.54) is 4.90 Å². The van der Waals surface area contributed by atoms with Crippen LogP contribution in [0.1, 0.15) is 13.8 Å². The molecule has 7 heteroatoms. The first kappa shape index (κ1) is 15.5. The maximum Gasteiger partial charge on any atom is 0.261 e. The minimum Gasteiger partial charge on any atom is -0.484 e. The Hall–Kier alpha value is -1.89. The minimum absolute atomic E-state index is 0.153. The van der Waals surface area contributed by atoms with E-state index in [1.807, 2.05) is 6.07 Å². The summed E-state index contributed by atoms with van der Waals surface area (Å²) < 4.78 is 6.24.